The van der Waals surface area contributed by atoms with Gasteiger partial charge in [-0.25, -0.2) is 9.97 Å². The van der Waals surface area contributed by atoms with Crippen LogP contribution in [0, 0.1) is 0 Å². The first-order chi connectivity index (χ1) is 8.85. The van der Waals surface area contributed by atoms with Crippen molar-refractivity contribution in [2.24, 2.45) is 0 Å². The fraction of sp³-hybridized carbons (Fsp3) is 0.167. The summed E-state index contributed by atoms with van der Waals surface area (Å²) in [7, 11) is 1.67. The first-order valence-corrected chi connectivity index (χ1v) is 7.16. The van der Waals surface area contributed by atoms with Crippen molar-refractivity contribution in [2.75, 3.05) is 12.4 Å². The molecule has 0 amide bonds. The van der Waals surface area contributed by atoms with Crippen molar-refractivity contribution in [2.45, 2.75) is 6.54 Å². The highest BCUT2D eigenvalue weighted by molar-refractivity contribution is 7.22. The lowest BCUT2D eigenvalue weighted by Crippen LogP contribution is -1.98. The zero-order valence-electron chi connectivity index (χ0n) is 9.71. The molecule has 0 aliphatic rings. The summed E-state index contributed by atoms with van der Waals surface area (Å²) in [5, 5.41) is 6.22. The molecule has 0 aliphatic heterocycles. The summed E-state index contributed by atoms with van der Waals surface area (Å²) in [4.78, 5) is 8.74. The molecule has 0 unspecified atom stereocenters. The lowest BCUT2D eigenvalue weighted by molar-refractivity contribution is 0.415. The van der Waals surface area contributed by atoms with Gasteiger partial charge in [0.05, 0.1) is 35.1 Å². The lowest BCUT2D eigenvalue weighted by atomic mass is 10.3. The molecule has 0 spiro atoms. The van der Waals surface area contributed by atoms with E-state index in [-0.39, 0.29) is 0 Å². The number of aromatic nitrogens is 2. The van der Waals surface area contributed by atoms with Crippen molar-refractivity contribution in [1.29, 1.82) is 0 Å². The fourth-order valence-corrected chi connectivity index (χ4v) is 3.05. The molecule has 1 N–H and O–H groups in total. The van der Waals surface area contributed by atoms with Gasteiger partial charge < -0.3 is 10.1 Å². The molecule has 3 rings (SSSR count). The van der Waals surface area contributed by atoms with Crippen LogP contribution in [0.3, 0.4) is 0 Å². The van der Waals surface area contributed by atoms with E-state index in [4.69, 9.17) is 4.74 Å². The Morgan fingerprint density at radius 1 is 1.39 bits per heavy atom. The molecule has 0 radical (unpaired) electrons. The van der Waals surface area contributed by atoms with Crippen molar-refractivity contribution >= 4 is 38.0 Å². The molecular formula is C12H11N3OS2. The number of hydrogen-bond acceptors (Lipinski definition) is 6. The van der Waals surface area contributed by atoms with Crippen molar-refractivity contribution in [1.82, 2.24) is 9.97 Å². The predicted molar refractivity (Wildman–Crippen MR) is 75.6 cm³/mol. The second-order valence-corrected chi connectivity index (χ2v) is 5.44. The van der Waals surface area contributed by atoms with Gasteiger partial charge in [-0.05, 0) is 18.2 Å². The second-order valence-electron chi connectivity index (χ2n) is 3.69. The van der Waals surface area contributed by atoms with E-state index in [0.29, 0.717) is 6.54 Å². The molecule has 0 atom stereocenters. The zero-order chi connectivity index (χ0) is 12.4. The third-order valence-electron chi connectivity index (χ3n) is 2.50. The van der Waals surface area contributed by atoms with E-state index in [2.05, 4.69) is 15.3 Å². The van der Waals surface area contributed by atoms with Crippen LogP contribution >= 0.6 is 22.7 Å². The van der Waals surface area contributed by atoms with Gasteiger partial charge in [0.1, 0.15) is 5.75 Å². The topological polar surface area (TPSA) is 47.0 Å². The number of benzene rings is 1. The molecule has 3 aromatic rings. The summed E-state index contributed by atoms with van der Waals surface area (Å²) >= 11 is 3.22. The normalized spacial score (nSPS) is 10.7. The first kappa shape index (κ1) is 11.4. The molecular weight excluding hydrogens is 266 g/mol. The summed E-state index contributed by atoms with van der Waals surface area (Å²) in [5.41, 5.74) is 3.86. The Morgan fingerprint density at radius 2 is 2.33 bits per heavy atom. The van der Waals surface area contributed by atoms with Gasteiger partial charge in [0.2, 0.25) is 0 Å². The minimum Gasteiger partial charge on any atom is -0.497 e. The minimum absolute atomic E-state index is 0.709. The van der Waals surface area contributed by atoms with Crippen LogP contribution in [0.25, 0.3) is 10.2 Å². The molecule has 0 fully saturated rings. The third kappa shape index (κ3) is 2.30. The van der Waals surface area contributed by atoms with Crippen LogP contribution < -0.4 is 10.1 Å². The number of rotatable bonds is 4. The monoisotopic (exact) mass is 277 g/mol. The molecule has 0 bridgehead atoms. The molecule has 0 aliphatic carbocycles. The Morgan fingerprint density at radius 3 is 3.11 bits per heavy atom. The van der Waals surface area contributed by atoms with E-state index in [1.807, 2.05) is 29.1 Å². The summed E-state index contributed by atoms with van der Waals surface area (Å²) in [6, 6.07) is 5.89. The van der Waals surface area contributed by atoms with Gasteiger partial charge in [0, 0.05) is 5.38 Å². The maximum atomic E-state index is 5.20. The molecule has 0 saturated carbocycles. The maximum Gasteiger partial charge on any atom is 0.184 e. The van der Waals surface area contributed by atoms with E-state index in [1.165, 1.54) is 0 Å². The van der Waals surface area contributed by atoms with Crippen LogP contribution in [0.1, 0.15) is 5.69 Å². The van der Waals surface area contributed by atoms with Crippen LogP contribution in [0.15, 0.2) is 29.1 Å². The van der Waals surface area contributed by atoms with Crippen molar-refractivity contribution in [3.63, 3.8) is 0 Å². The molecule has 2 heterocycles. The highest BCUT2D eigenvalue weighted by Gasteiger charge is 2.05. The SMILES string of the molecule is COc1ccc2nc(NCc3cscn3)sc2c1. The van der Waals surface area contributed by atoms with Crippen LogP contribution in [-0.4, -0.2) is 17.1 Å². The second kappa shape index (κ2) is 4.91. The number of ether oxygens (including phenoxy) is 1. The van der Waals surface area contributed by atoms with Gasteiger partial charge in [0.25, 0.3) is 0 Å². The summed E-state index contributed by atoms with van der Waals surface area (Å²) < 4.78 is 6.32. The average molecular weight is 277 g/mol. The Hall–Kier alpha value is -1.66. The summed E-state index contributed by atoms with van der Waals surface area (Å²) in [6.45, 7) is 0.709. The van der Waals surface area contributed by atoms with Gasteiger partial charge >= 0.3 is 0 Å². The van der Waals surface area contributed by atoms with Crippen LogP contribution in [-0.2, 0) is 6.54 Å². The van der Waals surface area contributed by atoms with Crippen molar-refractivity contribution in [3.05, 3.63) is 34.8 Å². The Bertz CT molecular complexity index is 648. The number of anilines is 1. The molecule has 18 heavy (non-hydrogen) atoms. The van der Waals surface area contributed by atoms with Crippen molar-refractivity contribution in [3.8, 4) is 5.75 Å². The number of methoxy groups -OCH3 is 1. The highest BCUT2D eigenvalue weighted by atomic mass is 32.1. The average Bonchev–Trinajstić information content (AvgIpc) is 3.04. The molecule has 92 valence electrons. The lowest BCUT2D eigenvalue weighted by Gasteiger charge is -1.97. The smallest absolute Gasteiger partial charge is 0.184 e. The fourth-order valence-electron chi connectivity index (χ4n) is 1.60. The largest absolute Gasteiger partial charge is 0.497 e. The summed E-state index contributed by atoms with van der Waals surface area (Å²) in [6.07, 6.45) is 0. The molecule has 6 heteroatoms. The van der Waals surface area contributed by atoms with Gasteiger partial charge in [-0.1, -0.05) is 11.3 Å². The van der Waals surface area contributed by atoms with Crippen LogP contribution in [0.5, 0.6) is 5.75 Å². The summed E-state index contributed by atoms with van der Waals surface area (Å²) in [5.74, 6) is 0.859. The Labute approximate surface area is 112 Å². The van der Waals surface area contributed by atoms with E-state index in [1.54, 1.807) is 29.8 Å². The number of fused-ring (bicyclic) bond motifs is 1. The highest BCUT2D eigenvalue weighted by Crippen LogP contribution is 2.29. The maximum absolute atomic E-state index is 5.20. The molecule has 4 nitrogen and oxygen atoms in total. The van der Waals surface area contributed by atoms with Gasteiger partial charge in [0.15, 0.2) is 5.13 Å². The predicted octanol–water partition coefficient (Wildman–Crippen LogP) is 3.37. The zero-order valence-corrected chi connectivity index (χ0v) is 11.3. The van der Waals surface area contributed by atoms with E-state index in [9.17, 15) is 0 Å². The van der Waals surface area contributed by atoms with Crippen LogP contribution in [0.4, 0.5) is 5.13 Å². The van der Waals surface area contributed by atoms with E-state index in [0.717, 1.165) is 26.8 Å². The number of hydrogen-bond donors (Lipinski definition) is 1. The molecule has 1 aromatic carbocycles. The number of nitrogens with zero attached hydrogens (tertiary/aromatic N) is 2. The Balaban J connectivity index is 1.80. The quantitative estimate of drug-likeness (QED) is 0.794. The minimum atomic E-state index is 0.709. The number of nitrogens with one attached hydrogen (secondary N) is 1. The first-order valence-electron chi connectivity index (χ1n) is 5.40. The van der Waals surface area contributed by atoms with Gasteiger partial charge in [-0.15, -0.1) is 11.3 Å². The molecule has 2 aromatic heterocycles. The van der Waals surface area contributed by atoms with Crippen LogP contribution in [0.2, 0.25) is 0 Å². The van der Waals surface area contributed by atoms with Gasteiger partial charge in [-0.2, -0.15) is 0 Å². The van der Waals surface area contributed by atoms with Gasteiger partial charge in [-0.3, -0.25) is 0 Å². The standard InChI is InChI=1S/C12H11N3OS2/c1-16-9-2-3-10-11(4-9)18-12(15-10)13-5-8-6-17-7-14-8/h2-4,6-7H,5H2,1H3,(H,13,15). The third-order valence-corrected chi connectivity index (χ3v) is 4.11. The van der Waals surface area contributed by atoms with E-state index >= 15 is 0 Å². The Kier molecular flexibility index (Phi) is 3.12. The van der Waals surface area contributed by atoms with Crippen molar-refractivity contribution < 1.29 is 4.74 Å². The number of thiazole rings is 2. The molecule has 0 saturated heterocycles. The van der Waals surface area contributed by atoms with E-state index < -0.39 is 0 Å².